The summed E-state index contributed by atoms with van der Waals surface area (Å²) >= 11 is 0. The van der Waals surface area contributed by atoms with Crippen molar-refractivity contribution in [3.05, 3.63) is 0 Å². The van der Waals surface area contributed by atoms with E-state index in [4.69, 9.17) is 0 Å². The van der Waals surface area contributed by atoms with E-state index in [9.17, 15) is 4.21 Å². The molecule has 1 N–H and O–H groups in total. The molecule has 0 aliphatic carbocycles. The van der Waals surface area contributed by atoms with Gasteiger partial charge in [-0.25, -0.2) is 0 Å². The summed E-state index contributed by atoms with van der Waals surface area (Å²) in [6, 6.07) is 0.599. The molecule has 1 aliphatic rings. The Balaban J connectivity index is 2.44. The van der Waals surface area contributed by atoms with E-state index < -0.39 is 10.8 Å². The molecule has 15 heavy (non-hydrogen) atoms. The summed E-state index contributed by atoms with van der Waals surface area (Å²) in [5.41, 5.74) is 0. The van der Waals surface area contributed by atoms with Gasteiger partial charge in [-0.3, -0.25) is 9.11 Å². The first-order valence-corrected chi connectivity index (χ1v) is 7.43. The first-order valence-electron chi connectivity index (χ1n) is 5.95. The van der Waals surface area contributed by atoms with E-state index >= 15 is 0 Å². The number of rotatable bonds is 5. The summed E-state index contributed by atoms with van der Waals surface area (Å²) in [5, 5.41) is 3.42. The lowest BCUT2D eigenvalue weighted by Gasteiger charge is -2.36. The van der Waals surface area contributed by atoms with Gasteiger partial charge in [-0.05, 0) is 12.5 Å². The summed E-state index contributed by atoms with van der Waals surface area (Å²) in [4.78, 5) is 2.49. The summed E-state index contributed by atoms with van der Waals surface area (Å²) in [6.07, 6.45) is 0. The lowest BCUT2D eigenvalue weighted by molar-refractivity contribution is 0.166. The Morgan fingerprint density at radius 2 is 1.93 bits per heavy atom. The van der Waals surface area contributed by atoms with Crippen LogP contribution >= 0.6 is 0 Å². The Labute approximate surface area is 96.1 Å². The predicted octanol–water partition coefficient (Wildman–Crippen LogP) is 0.685. The Morgan fingerprint density at radius 3 is 2.40 bits per heavy atom. The molecule has 0 radical (unpaired) electrons. The van der Waals surface area contributed by atoms with E-state index in [0.29, 0.717) is 12.0 Å². The number of likely N-dealkylation sites (N-methyl/N-ethyl adjacent to an activating group) is 1. The molecule has 0 aromatic carbocycles. The van der Waals surface area contributed by atoms with Crippen LogP contribution in [-0.4, -0.2) is 52.8 Å². The second-order valence-electron chi connectivity index (χ2n) is 4.50. The molecular weight excluding hydrogens is 208 g/mol. The van der Waals surface area contributed by atoms with Crippen molar-refractivity contribution in [3.63, 3.8) is 0 Å². The molecule has 1 fully saturated rings. The number of nitrogens with zero attached hydrogens (tertiary/aromatic N) is 1. The van der Waals surface area contributed by atoms with Gasteiger partial charge in [-0.2, -0.15) is 0 Å². The van der Waals surface area contributed by atoms with Gasteiger partial charge in [0.2, 0.25) is 0 Å². The first-order chi connectivity index (χ1) is 7.15. The predicted molar refractivity (Wildman–Crippen MR) is 66.6 cm³/mol. The summed E-state index contributed by atoms with van der Waals surface area (Å²) < 4.78 is 11.3. The number of hydrogen-bond donors (Lipinski definition) is 1. The molecule has 1 atom stereocenters. The highest BCUT2D eigenvalue weighted by molar-refractivity contribution is 7.85. The molecule has 4 heteroatoms. The quantitative estimate of drug-likeness (QED) is 0.757. The molecule has 0 spiro atoms. The van der Waals surface area contributed by atoms with Crippen molar-refractivity contribution in [2.45, 2.75) is 26.8 Å². The highest BCUT2D eigenvalue weighted by Gasteiger charge is 2.24. The Morgan fingerprint density at radius 1 is 1.33 bits per heavy atom. The van der Waals surface area contributed by atoms with E-state index in [2.05, 4.69) is 31.0 Å². The molecule has 3 nitrogen and oxygen atoms in total. The van der Waals surface area contributed by atoms with Crippen LogP contribution in [0.15, 0.2) is 0 Å². The van der Waals surface area contributed by atoms with Crippen LogP contribution in [-0.2, 0) is 10.8 Å². The molecule has 90 valence electrons. The van der Waals surface area contributed by atoms with Crippen molar-refractivity contribution >= 4 is 10.8 Å². The molecule has 0 bridgehead atoms. The SMILES string of the molecule is CCNCC(C(C)C)N1CCS(=O)CC1. The molecule has 1 unspecified atom stereocenters. The van der Waals surface area contributed by atoms with Crippen LogP contribution in [0.2, 0.25) is 0 Å². The van der Waals surface area contributed by atoms with Crippen molar-refractivity contribution in [3.8, 4) is 0 Å². The molecule has 0 amide bonds. The molecule has 0 saturated carbocycles. The Bertz CT molecular complexity index is 199. The number of nitrogens with one attached hydrogen (secondary N) is 1. The van der Waals surface area contributed by atoms with Gasteiger partial charge in [-0.15, -0.1) is 0 Å². The molecule has 1 saturated heterocycles. The van der Waals surface area contributed by atoms with Gasteiger partial charge in [0.15, 0.2) is 0 Å². The average molecular weight is 232 g/mol. The smallest absolute Gasteiger partial charge is 0.0363 e. The molecule has 0 aromatic heterocycles. The van der Waals surface area contributed by atoms with Gasteiger partial charge in [-0.1, -0.05) is 20.8 Å². The van der Waals surface area contributed by atoms with Crippen molar-refractivity contribution in [1.29, 1.82) is 0 Å². The molecule has 1 heterocycles. The standard InChI is InChI=1S/C11H24N2OS/c1-4-12-9-11(10(2)3)13-5-7-15(14)8-6-13/h10-12H,4-9H2,1-3H3. The fourth-order valence-corrected chi connectivity index (χ4v) is 3.14. The van der Waals surface area contributed by atoms with Crippen LogP contribution in [0.4, 0.5) is 0 Å². The van der Waals surface area contributed by atoms with E-state index in [-0.39, 0.29) is 0 Å². The Hall–Kier alpha value is 0.0700. The zero-order chi connectivity index (χ0) is 11.3. The maximum absolute atomic E-state index is 11.3. The fraction of sp³-hybridized carbons (Fsp3) is 1.00. The van der Waals surface area contributed by atoms with Crippen LogP contribution in [0.1, 0.15) is 20.8 Å². The lowest BCUT2D eigenvalue weighted by Crippen LogP contribution is -2.50. The summed E-state index contributed by atoms with van der Waals surface area (Å²) in [7, 11) is -0.558. The summed E-state index contributed by atoms with van der Waals surface area (Å²) in [5.74, 6) is 2.38. The highest BCUT2D eigenvalue weighted by atomic mass is 32.2. The van der Waals surface area contributed by atoms with E-state index in [1.54, 1.807) is 0 Å². The highest BCUT2D eigenvalue weighted by Crippen LogP contribution is 2.12. The van der Waals surface area contributed by atoms with Crippen LogP contribution in [0.3, 0.4) is 0 Å². The summed E-state index contributed by atoms with van der Waals surface area (Å²) in [6.45, 7) is 10.8. The van der Waals surface area contributed by atoms with Crippen LogP contribution in [0.5, 0.6) is 0 Å². The Kier molecular flexibility index (Phi) is 5.79. The minimum absolute atomic E-state index is 0.558. The molecule has 1 rings (SSSR count). The number of hydrogen-bond acceptors (Lipinski definition) is 3. The van der Waals surface area contributed by atoms with Crippen molar-refractivity contribution in [2.24, 2.45) is 5.92 Å². The van der Waals surface area contributed by atoms with Crippen LogP contribution < -0.4 is 5.32 Å². The van der Waals surface area contributed by atoms with Crippen LogP contribution in [0.25, 0.3) is 0 Å². The van der Waals surface area contributed by atoms with Gasteiger partial charge in [0, 0.05) is 48.0 Å². The average Bonchev–Trinajstić information content (AvgIpc) is 2.21. The van der Waals surface area contributed by atoms with Gasteiger partial charge in [0.1, 0.15) is 0 Å². The van der Waals surface area contributed by atoms with Gasteiger partial charge in [0.05, 0.1) is 0 Å². The third kappa shape index (κ3) is 4.21. The van der Waals surface area contributed by atoms with Crippen molar-refractivity contribution in [1.82, 2.24) is 10.2 Å². The topological polar surface area (TPSA) is 32.3 Å². The first kappa shape index (κ1) is 13.1. The fourth-order valence-electron chi connectivity index (χ4n) is 2.06. The molecule has 0 aromatic rings. The zero-order valence-corrected chi connectivity index (χ0v) is 11.0. The molecular formula is C11H24N2OS. The van der Waals surface area contributed by atoms with Gasteiger partial charge >= 0.3 is 0 Å². The third-order valence-electron chi connectivity index (χ3n) is 3.05. The normalized spacial score (nSPS) is 22.1. The van der Waals surface area contributed by atoms with E-state index in [1.165, 1.54) is 0 Å². The maximum Gasteiger partial charge on any atom is 0.0363 e. The van der Waals surface area contributed by atoms with Gasteiger partial charge < -0.3 is 5.32 Å². The van der Waals surface area contributed by atoms with E-state index in [0.717, 1.165) is 37.7 Å². The minimum atomic E-state index is -0.558. The second-order valence-corrected chi connectivity index (χ2v) is 6.20. The zero-order valence-electron chi connectivity index (χ0n) is 10.2. The van der Waals surface area contributed by atoms with Gasteiger partial charge in [0.25, 0.3) is 0 Å². The minimum Gasteiger partial charge on any atom is -0.315 e. The monoisotopic (exact) mass is 232 g/mol. The lowest BCUT2D eigenvalue weighted by atomic mass is 10.0. The maximum atomic E-state index is 11.3. The third-order valence-corrected chi connectivity index (χ3v) is 4.33. The van der Waals surface area contributed by atoms with Crippen LogP contribution in [0, 0.1) is 5.92 Å². The van der Waals surface area contributed by atoms with E-state index in [1.807, 2.05) is 0 Å². The molecule has 1 aliphatic heterocycles. The van der Waals surface area contributed by atoms with Crippen molar-refractivity contribution < 1.29 is 4.21 Å². The van der Waals surface area contributed by atoms with Crippen molar-refractivity contribution in [2.75, 3.05) is 37.7 Å². The largest absolute Gasteiger partial charge is 0.315 e. The second kappa shape index (κ2) is 6.61.